The average Bonchev–Trinajstić information content (AvgIpc) is 2.39. The Morgan fingerprint density at radius 1 is 0.562 bits per heavy atom. The molecule has 0 spiro atoms. The van der Waals surface area contributed by atoms with Crippen LogP contribution in [0, 0.1) is 0 Å². The molecule has 82 valence electrons. The van der Waals surface area contributed by atoms with Crippen LogP contribution in [0.2, 0.25) is 0 Å². The van der Waals surface area contributed by atoms with Crippen molar-refractivity contribution in [3.05, 3.63) is 60.7 Å². The molecular formula is C12H10As2Se2-2. The summed E-state index contributed by atoms with van der Waals surface area (Å²) in [5.41, 5.74) is 0. The molecule has 0 nitrogen and oxygen atoms in total. The molecule has 0 bridgehead atoms. The van der Waals surface area contributed by atoms with Crippen LogP contribution in [-0.4, -0.2) is 49.4 Å². The van der Waals surface area contributed by atoms with Gasteiger partial charge in [0.1, 0.15) is 0 Å². The average molecular weight is 462 g/mol. The molecule has 2 atom stereocenters. The second-order valence-electron chi connectivity index (χ2n) is 3.22. The zero-order valence-electron chi connectivity index (χ0n) is 8.48. The Bertz CT molecular complexity index is 390. The number of hydrogen-bond donors (Lipinski definition) is 0. The molecule has 16 heavy (non-hydrogen) atoms. The Kier molecular flexibility index (Phi) is 5.30. The van der Waals surface area contributed by atoms with Gasteiger partial charge in [0, 0.05) is 0 Å². The van der Waals surface area contributed by atoms with E-state index in [1.54, 1.807) is 0 Å². The summed E-state index contributed by atoms with van der Waals surface area (Å²) in [4.78, 5) is 0. The third-order valence-corrected chi connectivity index (χ3v) is 51.8. The Labute approximate surface area is 118 Å². The summed E-state index contributed by atoms with van der Waals surface area (Å²) < 4.78 is 3.08. The molecule has 4 heteroatoms. The summed E-state index contributed by atoms with van der Waals surface area (Å²) in [6, 6.07) is 21.8. The molecule has 0 saturated heterocycles. The molecule has 0 saturated carbocycles. The Morgan fingerprint density at radius 3 is 1.19 bits per heavy atom. The van der Waals surface area contributed by atoms with E-state index in [1.807, 2.05) is 0 Å². The molecule has 2 aromatic carbocycles. The second-order valence-corrected chi connectivity index (χ2v) is 38.1. The van der Waals surface area contributed by atoms with Crippen molar-refractivity contribution in [2.45, 2.75) is 0 Å². The number of hydrogen-bond acceptors (Lipinski definition) is 0. The molecular weight excluding hydrogens is 452 g/mol. The van der Waals surface area contributed by atoms with Gasteiger partial charge >= 0.3 is 119 Å². The van der Waals surface area contributed by atoms with Gasteiger partial charge in [-0.25, -0.2) is 0 Å². The molecule has 2 unspecified atom stereocenters. The molecule has 0 aliphatic heterocycles. The molecule has 0 fully saturated rings. The first kappa shape index (κ1) is 13.0. The van der Waals surface area contributed by atoms with Crippen LogP contribution in [-0.2, 0) is 0 Å². The van der Waals surface area contributed by atoms with E-state index >= 15 is 0 Å². The van der Waals surface area contributed by atoms with Gasteiger partial charge in [-0.05, 0) is 0 Å². The van der Waals surface area contributed by atoms with Crippen LogP contribution in [0.25, 0.3) is 0 Å². The van der Waals surface area contributed by atoms with E-state index in [2.05, 4.69) is 88.7 Å². The SMILES string of the molecule is [Se-][As](c1ccccc1)[As]([Se-])c1ccccc1. The Balaban J connectivity index is 2.20. The van der Waals surface area contributed by atoms with Crippen LogP contribution < -0.4 is 8.70 Å². The van der Waals surface area contributed by atoms with E-state index in [9.17, 15) is 0 Å². The third kappa shape index (κ3) is 3.30. The first-order valence-electron chi connectivity index (χ1n) is 4.83. The van der Waals surface area contributed by atoms with E-state index < -0.39 is 21.4 Å². The first-order valence-corrected chi connectivity index (χ1v) is 21.4. The summed E-state index contributed by atoms with van der Waals surface area (Å²) in [7, 11) is -1.98. The Hall–Kier alpha value is 0.596. The summed E-state index contributed by atoms with van der Waals surface area (Å²) in [5, 5.41) is 0. The van der Waals surface area contributed by atoms with E-state index in [4.69, 9.17) is 0 Å². The molecule has 0 amide bonds. The fourth-order valence-corrected chi connectivity index (χ4v) is 24.8. The summed E-state index contributed by atoms with van der Waals surface area (Å²) in [5.74, 6) is 0. The maximum absolute atomic E-state index is 3.47. The summed E-state index contributed by atoms with van der Waals surface area (Å²) in [6.45, 7) is 0. The molecule has 2 aromatic rings. The molecule has 0 aliphatic carbocycles. The van der Waals surface area contributed by atoms with Crippen LogP contribution in [0.5, 0.6) is 0 Å². The molecule has 0 N–H and O–H groups in total. The standard InChI is InChI=1S/C12H10As2Se2/c15-13(11-7-3-1-4-8-11)14(16)12-9-5-2-6-10-12/h1-10H/q-2. The van der Waals surface area contributed by atoms with Gasteiger partial charge in [-0.15, -0.1) is 0 Å². The summed E-state index contributed by atoms with van der Waals surface area (Å²) in [6.07, 6.45) is 0. The second kappa shape index (κ2) is 6.51. The molecule has 0 heterocycles. The number of rotatable bonds is 3. The van der Waals surface area contributed by atoms with Crippen molar-refractivity contribution in [1.29, 1.82) is 0 Å². The van der Waals surface area contributed by atoms with E-state index in [0.717, 1.165) is 0 Å². The van der Waals surface area contributed by atoms with Crippen molar-refractivity contribution in [1.82, 2.24) is 0 Å². The van der Waals surface area contributed by atoms with E-state index in [0.29, 0.717) is 0 Å². The first-order chi connectivity index (χ1) is 7.79. The predicted octanol–water partition coefficient (Wildman–Crippen LogP) is 0.199. The van der Waals surface area contributed by atoms with Crippen LogP contribution in [0.15, 0.2) is 60.7 Å². The van der Waals surface area contributed by atoms with Crippen LogP contribution >= 0.6 is 0 Å². The minimum atomic E-state index is -0.988. The fourth-order valence-electron chi connectivity index (χ4n) is 1.32. The molecule has 0 aliphatic rings. The molecule has 0 aromatic heterocycles. The van der Waals surface area contributed by atoms with Gasteiger partial charge in [0.25, 0.3) is 0 Å². The van der Waals surface area contributed by atoms with Gasteiger partial charge in [-0.3, -0.25) is 0 Å². The van der Waals surface area contributed by atoms with Gasteiger partial charge in [0.15, 0.2) is 0 Å². The topological polar surface area (TPSA) is 0 Å². The monoisotopic (exact) mass is 464 g/mol. The normalized spacial score (nSPS) is 14.4. The van der Waals surface area contributed by atoms with E-state index in [-0.39, 0.29) is 0 Å². The quantitative estimate of drug-likeness (QED) is 0.573. The third-order valence-electron chi connectivity index (χ3n) is 2.12. The Morgan fingerprint density at radius 2 is 0.875 bits per heavy atom. The van der Waals surface area contributed by atoms with Gasteiger partial charge in [0.2, 0.25) is 0 Å². The van der Waals surface area contributed by atoms with Gasteiger partial charge < -0.3 is 0 Å². The fraction of sp³-hybridized carbons (Fsp3) is 0. The van der Waals surface area contributed by atoms with Crippen LogP contribution in [0.3, 0.4) is 0 Å². The summed E-state index contributed by atoms with van der Waals surface area (Å²) >= 11 is 6.94. The van der Waals surface area contributed by atoms with Gasteiger partial charge in [-0.2, -0.15) is 0 Å². The van der Waals surface area contributed by atoms with Crippen LogP contribution in [0.1, 0.15) is 0 Å². The van der Waals surface area contributed by atoms with E-state index in [1.165, 1.54) is 8.70 Å². The number of benzene rings is 2. The van der Waals surface area contributed by atoms with Crippen molar-refractivity contribution >= 4 is 58.1 Å². The van der Waals surface area contributed by atoms with Crippen molar-refractivity contribution in [2.75, 3.05) is 0 Å². The minimum absolute atomic E-state index is 0.988. The zero-order chi connectivity index (χ0) is 11.4. The zero-order valence-corrected chi connectivity index (χ0v) is 15.7. The van der Waals surface area contributed by atoms with Crippen molar-refractivity contribution in [3.63, 3.8) is 0 Å². The van der Waals surface area contributed by atoms with Crippen LogP contribution in [0.4, 0.5) is 0 Å². The van der Waals surface area contributed by atoms with Crippen molar-refractivity contribution in [3.8, 4) is 0 Å². The van der Waals surface area contributed by atoms with Gasteiger partial charge in [0.05, 0.1) is 0 Å². The molecule has 0 radical (unpaired) electrons. The predicted molar refractivity (Wildman–Crippen MR) is 75.2 cm³/mol. The van der Waals surface area contributed by atoms with Crippen molar-refractivity contribution in [2.24, 2.45) is 0 Å². The van der Waals surface area contributed by atoms with Gasteiger partial charge in [-0.1, -0.05) is 0 Å². The maximum atomic E-state index is 3.47. The van der Waals surface area contributed by atoms with Crippen molar-refractivity contribution < 1.29 is 0 Å². The molecule has 2 rings (SSSR count).